The van der Waals surface area contributed by atoms with E-state index in [1.165, 1.54) is 24.3 Å². The van der Waals surface area contributed by atoms with E-state index in [0.29, 0.717) is 0 Å². The molecule has 168 valence electrons. The SMILES string of the molecule is Cc1cccc(C)c1OCCOC(=O)c1ccc(S(=O)(=O)N[C@@H]2CCS(=O)(=O)C2)cc1. The van der Waals surface area contributed by atoms with Crippen LogP contribution in [-0.2, 0) is 24.6 Å². The number of hydrogen-bond donors (Lipinski definition) is 1. The molecular weight excluding hydrogens is 442 g/mol. The zero-order valence-corrected chi connectivity index (χ0v) is 19.0. The van der Waals surface area contributed by atoms with Crippen molar-refractivity contribution in [3.05, 3.63) is 59.2 Å². The molecule has 1 saturated heterocycles. The van der Waals surface area contributed by atoms with Gasteiger partial charge in [0.2, 0.25) is 10.0 Å². The maximum Gasteiger partial charge on any atom is 0.338 e. The van der Waals surface area contributed by atoms with Gasteiger partial charge in [0.05, 0.1) is 22.0 Å². The first-order valence-electron chi connectivity index (χ1n) is 9.76. The van der Waals surface area contributed by atoms with Crippen LogP contribution < -0.4 is 9.46 Å². The second kappa shape index (κ2) is 9.37. The zero-order chi connectivity index (χ0) is 22.6. The van der Waals surface area contributed by atoms with Crippen molar-refractivity contribution in [2.75, 3.05) is 24.7 Å². The highest BCUT2D eigenvalue weighted by Crippen LogP contribution is 2.22. The lowest BCUT2D eigenvalue weighted by Crippen LogP contribution is -2.35. The fourth-order valence-corrected chi connectivity index (χ4v) is 6.38. The minimum absolute atomic E-state index is 0.0297. The second-order valence-electron chi connectivity index (χ2n) is 7.45. The van der Waals surface area contributed by atoms with Gasteiger partial charge in [0.1, 0.15) is 19.0 Å². The Morgan fingerprint density at radius 1 is 1.06 bits per heavy atom. The molecule has 1 atom stereocenters. The summed E-state index contributed by atoms with van der Waals surface area (Å²) in [6, 6.07) is 10.5. The van der Waals surface area contributed by atoms with Crippen molar-refractivity contribution in [2.45, 2.75) is 31.2 Å². The maximum absolute atomic E-state index is 12.4. The molecule has 0 bridgehead atoms. The van der Waals surface area contributed by atoms with Crippen molar-refractivity contribution < 1.29 is 31.1 Å². The number of sulfone groups is 1. The van der Waals surface area contributed by atoms with Crippen molar-refractivity contribution in [2.24, 2.45) is 0 Å². The lowest BCUT2D eigenvalue weighted by Gasteiger charge is -2.13. The third-order valence-electron chi connectivity index (χ3n) is 4.93. The quantitative estimate of drug-likeness (QED) is 0.466. The van der Waals surface area contributed by atoms with Gasteiger partial charge in [0.15, 0.2) is 9.84 Å². The van der Waals surface area contributed by atoms with Crippen molar-refractivity contribution in [1.82, 2.24) is 4.72 Å². The standard InChI is InChI=1S/C21H25NO7S2/c1-15-4-3-5-16(2)20(15)28-11-12-29-21(23)17-6-8-19(9-7-17)31(26,27)22-18-10-13-30(24,25)14-18/h3-9,18,22H,10-14H2,1-2H3/t18-/m1/s1. The van der Waals surface area contributed by atoms with Gasteiger partial charge in [-0.15, -0.1) is 0 Å². The van der Waals surface area contributed by atoms with Crippen LogP contribution >= 0.6 is 0 Å². The molecular formula is C21H25NO7S2. The molecule has 0 aromatic heterocycles. The Labute approximate surface area is 182 Å². The Hall–Kier alpha value is -2.43. The maximum atomic E-state index is 12.4. The minimum Gasteiger partial charge on any atom is -0.489 e. The van der Waals surface area contributed by atoms with E-state index in [0.717, 1.165) is 16.9 Å². The largest absolute Gasteiger partial charge is 0.489 e. The van der Waals surface area contributed by atoms with Gasteiger partial charge in [0.25, 0.3) is 0 Å². The van der Waals surface area contributed by atoms with Gasteiger partial charge in [-0.3, -0.25) is 0 Å². The molecule has 2 aromatic carbocycles. The van der Waals surface area contributed by atoms with Crippen LogP contribution in [0.3, 0.4) is 0 Å². The van der Waals surface area contributed by atoms with Crippen molar-refractivity contribution in [1.29, 1.82) is 0 Å². The third kappa shape index (κ3) is 6.05. The van der Waals surface area contributed by atoms with Crippen LogP contribution in [-0.4, -0.2) is 53.6 Å². The Kier molecular flexibility index (Phi) is 7.03. The van der Waals surface area contributed by atoms with Crippen LogP contribution in [0.25, 0.3) is 0 Å². The number of benzene rings is 2. The molecule has 1 aliphatic rings. The van der Waals surface area contributed by atoms with E-state index < -0.39 is 31.9 Å². The molecule has 10 heteroatoms. The molecule has 1 N–H and O–H groups in total. The molecule has 8 nitrogen and oxygen atoms in total. The number of carbonyl (C=O) groups is 1. The first-order chi connectivity index (χ1) is 14.6. The monoisotopic (exact) mass is 467 g/mol. The summed E-state index contributed by atoms with van der Waals surface area (Å²) in [5.41, 5.74) is 2.19. The highest BCUT2D eigenvalue weighted by atomic mass is 32.2. The lowest BCUT2D eigenvalue weighted by molar-refractivity contribution is 0.0449. The van der Waals surface area contributed by atoms with Crippen molar-refractivity contribution in [3.63, 3.8) is 0 Å². The first-order valence-corrected chi connectivity index (χ1v) is 13.1. The minimum atomic E-state index is -3.88. The number of rotatable bonds is 8. The summed E-state index contributed by atoms with van der Waals surface area (Å²) in [5.74, 6) is -0.0710. The fourth-order valence-electron chi connectivity index (χ4n) is 3.33. The molecule has 0 unspecified atom stereocenters. The molecule has 0 spiro atoms. The summed E-state index contributed by atoms with van der Waals surface area (Å²) in [5, 5.41) is 0. The number of sulfonamides is 1. The van der Waals surface area contributed by atoms with Gasteiger partial charge in [-0.1, -0.05) is 18.2 Å². The summed E-state index contributed by atoms with van der Waals surface area (Å²) < 4.78 is 61.2. The molecule has 0 amide bonds. The van der Waals surface area contributed by atoms with E-state index in [1.54, 1.807) is 0 Å². The predicted octanol–water partition coefficient (Wildman–Crippen LogP) is 2.00. The van der Waals surface area contributed by atoms with Crippen LogP contribution in [0.4, 0.5) is 0 Å². The Balaban J connectivity index is 1.52. The molecule has 1 heterocycles. The van der Waals surface area contributed by atoms with Gasteiger partial charge in [-0.05, 0) is 55.7 Å². The number of esters is 1. The molecule has 1 aliphatic heterocycles. The van der Waals surface area contributed by atoms with Crippen LogP contribution in [0.15, 0.2) is 47.4 Å². The van der Waals surface area contributed by atoms with Crippen LogP contribution in [0.5, 0.6) is 5.75 Å². The van der Waals surface area contributed by atoms with E-state index in [9.17, 15) is 21.6 Å². The molecule has 31 heavy (non-hydrogen) atoms. The normalized spacial score (nSPS) is 17.9. The van der Waals surface area contributed by atoms with Crippen LogP contribution in [0.1, 0.15) is 27.9 Å². The van der Waals surface area contributed by atoms with Gasteiger partial charge < -0.3 is 9.47 Å². The highest BCUT2D eigenvalue weighted by Gasteiger charge is 2.31. The second-order valence-corrected chi connectivity index (χ2v) is 11.4. The topological polar surface area (TPSA) is 116 Å². The smallest absolute Gasteiger partial charge is 0.338 e. The first kappa shape index (κ1) is 23.2. The van der Waals surface area contributed by atoms with E-state index in [-0.39, 0.29) is 41.6 Å². The van der Waals surface area contributed by atoms with Crippen LogP contribution in [0.2, 0.25) is 0 Å². The van der Waals surface area contributed by atoms with Gasteiger partial charge >= 0.3 is 5.97 Å². The zero-order valence-electron chi connectivity index (χ0n) is 17.3. The summed E-state index contributed by atoms with van der Waals surface area (Å²) in [6.45, 7) is 4.11. The summed E-state index contributed by atoms with van der Waals surface area (Å²) >= 11 is 0. The van der Waals surface area contributed by atoms with Gasteiger partial charge in [-0.25, -0.2) is 26.4 Å². The molecule has 0 aliphatic carbocycles. The average Bonchev–Trinajstić information content (AvgIpc) is 3.04. The third-order valence-corrected chi connectivity index (χ3v) is 8.23. The number of nitrogens with one attached hydrogen (secondary N) is 1. The molecule has 3 rings (SSSR count). The average molecular weight is 468 g/mol. The fraction of sp³-hybridized carbons (Fsp3) is 0.381. The number of ether oxygens (including phenoxy) is 2. The van der Waals surface area contributed by atoms with Crippen molar-refractivity contribution in [3.8, 4) is 5.75 Å². The Bertz CT molecular complexity index is 1140. The number of aryl methyl sites for hydroxylation is 2. The summed E-state index contributed by atoms with van der Waals surface area (Å²) in [7, 11) is -7.08. The lowest BCUT2D eigenvalue weighted by atomic mass is 10.1. The number of hydrogen-bond acceptors (Lipinski definition) is 7. The summed E-state index contributed by atoms with van der Waals surface area (Å²) in [4.78, 5) is 12.1. The van der Waals surface area contributed by atoms with E-state index >= 15 is 0 Å². The van der Waals surface area contributed by atoms with E-state index in [1.807, 2.05) is 32.0 Å². The van der Waals surface area contributed by atoms with Gasteiger partial charge in [0, 0.05) is 6.04 Å². The predicted molar refractivity (Wildman–Crippen MR) is 116 cm³/mol. The number of carbonyl (C=O) groups excluding carboxylic acids is 1. The Morgan fingerprint density at radius 3 is 2.29 bits per heavy atom. The molecule has 0 saturated carbocycles. The van der Waals surface area contributed by atoms with E-state index in [2.05, 4.69) is 4.72 Å². The molecule has 2 aromatic rings. The van der Waals surface area contributed by atoms with Gasteiger partial charge in [-0.2, -0.15) is 0 Å². The Morgan fingerprint density at radius 2 is 1.71 bits per heavy atom. The highest BCUT2D eigenvalue weighted by molar-refractivity contribution is 7.92. The summed E-state index contributed by atoms with van der Waals surface area (Å²) in [6.07, 6.45) is 0.246. The molecule has 1 fully saturated rings. The number of para-hydroxylation sites is 1. The van der Waals surface area contributed by atoms with E-state index in [4.69, 9.17) is 9.47 Å². The van der Waals surface area contributed by atoms with Crippen molar-refractivity contribution >= 4 is 25.8 Å². The van der Waals surface area contributed by atoms with Crippen LogP contribution in [0, 0.1) is 13.8 Å². The molecule has 0 radical (unpaired) electrons.